The van der Waals surface area contributed by atoms with E-state index in [1.807, 2.05) is 0 Å². The zero-order valence-corrected chi connectivity index (χ0v) is 15.3. The van der Waals surface area contributed by atoms with Gasteiger partial charge in [-0.05, 0) is 52.4 Å². The number of nitrogens with zero attached hydrogens (tertiary/aromatic N) is 1. The van der Waals surface area contributed by atoms with Crippen LogP contribution in [0.25, 0.3) is 0 Å². The molecule has 1 aliphatic rings. The maximum atomic E-state index is 2.35. The Morgan fingerprint density at radius 2 is 1.35 bits per heavy atom. The zero-order valence-electron chi connectivity index (χ0n) is 14.4. The lowest BCUT2D eigenvalue weighted by atomic mass is 9.98. The molecular weight excluding hydrogens is 297 g/mol. The molecule has 0 N–H and O–H groups in total. The monoisotopic (exact) mass is 323 g/mol. The van der Waals surface area contributed by atoms with Crippen LogP contribution in [0.4, 0.5) is 0 Å². The van der Waals surface area contributed by atoms with Gasteiger partial charge in [0.2, 0.25) is 0 Å². The Morgan fingerprint density at radius 1 is 0.826 bits per heavy atom. The van der Waals surface area contributed by atoms with Crippen molar-refractivity contribution in [3.63, 3.8) is 0 Å². The third-order valence-corrected chi connectivity index (χ3v) is 7.49. The average molecular weight is 323 g/mol. The second-order valence-corrected chi connectivity index (χ2v) is 8.72. The van der Waals surface area contributed by atoms with E-state index >= 15 is 0 Å². The van der Waals surface area contributed by atoms with Crippen LogP contribution < -0.4 is 10.6 Å². The maximum Gasteiger partial charge on any atom is 0.0171 e. The average Bonchev–Trinajstić information content (AvgIpc) is 3.05. The minimum Gasteiger partial charge on any atom is -0.306 e. The van der Waals surface area contributed by atoms with Crippen molar-refractivity contribution in [2.24, 2.45) is 0 Å². The van der Waals surface area contributed by atoms with Crippen LogP contribution in [0.3, 0.4) is 0 Å². The summed E-state index contributed by atoms with van der Waals surface area (Å²) in [6, 6.07) is 22.7. The maximum absolute atomic E-state index is 2.35. The topological polar surface area (TPSA) is 3.24 Å². The van der Waals surface area contributed by atoms with Gasteiger partial charge in [0.1, 0.15) is 0 Å². The van der Waals surface area contributed by atoms with Gasteiger partial charge in [-0.3, -0.25) is 0 Å². The highest BCUT2D eigenvalue weighted by Crippen LogP contribution is 2.58. The Bertz CT molecular complexity index is 556. The van der Waals surface area contributed by atoms with Gasteiger partial charge < -0.3 is 4.90 Å². The van der Waals surface area contributed by atoms with Crippen molar-refractivity contribution in [1.29, 1.82) is 0 Å². The predicted octanol–water partition coefficient (Wildman–Crippen LogP) is 4.36. The van der Waals surface area contributed by atoms with Gasteiger partial charge in [-0.25, -0.2) is 0 Å². The van der Waals surface area contributed by atoms with Crippen molar-refractivity contribution in [1.82, 2.24) is 4.90 Å². The van der Waals surface area contributed by atoms with Gasteiger partial charge in [0.25, 0.3) is 0 Å². The fourth-order valence-electron chi connectivity index (χ4n) is 3.38. The Labute approximate surface area is 142 Å². The molecule has 120 valence electrons. The molecule has 0 heterocycles. The standard InChI is InChI=1S/C21H26NP/c1-17(22(2)3)20-15-10-16-21(20)23(18-11-6-4-7-12-18)19-13-8-5-9-14-19/h4-9,11-14,17H,10,15-16H2,1-3H3/t17-/m1/s1. The van der Waals surface area contributed by atoms with E-state index in [0.717, 1.165) is 0 Å². The van der Waals surface area contributed by atoms with Crippen molar-refractivity contribution in [2.45, 2.75) is 32.2 Å². The van der Waals surface area contributed by atoms with Crippen LogP contribution in [-0.2, 0) is 0 Å². The molecule has 1 saturated carbocycles. The Kier molecular flexibility index (Phi) is 5.51. The minimum absolute atomic E-state index is 0.396. The van der Waals surface area contributed by atoms with E-state index in [0.29, 0.717) is 6.04 Å². The largest absolute Gasteiger partial charge is 0.306 e. The van der Waals surface area contributed by atoms with E-state index < -0.39 is 7.92 Å². The van der Waals surface area contributed by atoms with E-state index in [9.17, 15) is 0 Å². The molecule has 0 bridgehead atoms. The van der Waals surface area contributed by atoms with Crippen LogP contribution >= 0.6 is 7.92 Å². The molecule has 2 aromatic rings. The molecule has 2 heteroatoms. The Balaban J connectivity index is 1.98. The van der Waals surface area contributed by atoms with E-state index in [2.05, 4.69) is 86.6 Å². The first-order chi connectivity index (χ1) is 11.2. The SMILES string of the molecule is C[C@H]([C]1CCC[C]1P(c1ccccc1)c1ccccc1)N(C)C. The van der Waals surface area contributed by atoms with Gasteiger partial charge in [0.15, 0.2) is 0 Å². The number of benzene rings is 2. The predicted molar refractivity (Wildman–Crippen MR) is 103 cm³/mol. The minimum atomic E-state index is -0.396. The molecule has 0 aromatic heterocycles. The lowest BCUT2D eigenvalue weighted by Crippen LogP contribution is -2.33. The summed E-state index contributed by atoms with van der Waals surface area (Å²) in [6.45, 7) is 2.35. The first kappa shape index (κ1) is 16.7. The molecule has 1 atom stereocenters. The molecule has 3 rings (SSSR count). The summed E-state index contributed by atoms with van der Waals surface area (Å²) in [5.41, 5.74) is 1.71. The molecule has 1 fully saturated rings. The second kappa shape index (κ2) is 7.60. The molecule has 1 nitrogen and oxygen atoms in total. The summed E-state index contributed by atoms with van der Waals surface area (Å²) in [5.74, 6) is 1.67. The van der Waals surface area contributed by atoms with Crippen LogP contribution in [0, 0.1) is 11.6 Å². The third-order valence-electron chi connectivity index (χ3n) is 4.81. The van der Waals surface area contributed by atoms with Crippen LogP contribution in [0.1, 0.15) is 26.2 Å². The second-order valence-electron chi connectivity index (χ2n) is 6.47. The van der Waals surface area contributed by atoms with Gasteiger partial charge in [-0.1, -0.05) is 67.1 Å². The van der Waals surface area contributed by atoms with E-state index in [4.69, 9.17) is 0 Å². The first-order valence-electron chi connectivity index (χ1n) is 8.47. The molecular formula is C21H26NP. The molecule has 0 spiro atoms. The molecule has 2 radical (unpaired) electrons. The van der Waals surface area contributed by atoms with Gasteiger partial charge in [0.05, 0.1) is 0 Å². The smallest absolute Gasteiger partial charge is 0.0171 e. The van der Waals surface area contributed by atoms with Gasteiger partial charge in [0, 0.05) is 17.6 Å². The van der Waals surface area contributed by atoms with Crippen LogP contribution in [0.2, 0.25) is 0 Å². The highest BCUT2D eigenvalue weighted by Gasteiger charge is 2.39. The molecule has 2 aromatic carbocycles. The molecule has 0 amide bonds. The fraction of sp³-hybridized carbons (Fsp3) is 0.333. The summed E-state index contributed by atoms with van der Waals surface area (Å²) < 4.78 is 0. The highest BCUT2D eigenvalue weighted by atomic mass is 31.1. The molecule has 0 unspecified atom stereocenters. The summed E-state index contributed by atoms with van der Waals surface area (Å²) in [4.78, 5) is 2.35. The Morgan fingerprint density at radius 3 is 1.83 bits per heavy atom. The molecule has 0 saturated heterocycles. The number of hydrogen-bond donors (Lipinski definition) is 0. The summed E-state index contributed by atoms with van der Waals surface area (Å²) in [7, 11) is 4.00. The lowest BCUT2D eigenvalue weighted by molar-refractivity contribution is 0.324. The van der Waals surface area contributed by atoms with Gasteiger partial charge >= 0.3 is 0 Å². The van der Waals surface area contributed by atoms with Gasteiger partial charge in [-0.15, -0.1) is 0 Å². The Hall–Kier alpha value is -1.17. The van der Waals surface area contributed by atoms with E-state index in [1.54, 1.807) is 11.6 Å². The summed E-state index contributed by atoms with van der Waals surface area (Å²) >= 11 is 0. The summed E-state index contributed by atoms with van der Waals surface area (Å²) in [5, 5.41) is 2.96. The lowest BCUT2D eigenvalue weighted by Gasteiger charge is -2.35. The van der Waals surface area contributed by atoms with Gasteiger partial charge in [-0.2, -0.15) is 0 Å². The van der Waals surface area contributed by atoms with Crippen molar-refractivity contribution in [3.8, 4) is 0 Å². The van der Waals surface area contributed by atoms with Crippen molar-refractivity contribution < 1.29 is 0 Å². The zero-order chi connectivity index (χ0) is 16.2. The van der Waals surface area contributed by atoms with E-state index in [1.165, 1.54) is 29.9 Å². The third kappa shape index (κ3) is 3.67. The highest BCUT2D eigenvalue weighted by molar-refractivity contribution is 7.76. The first-order valence-corrected chi connectivity index (χ1v) is 9.81. The fourth-order valence-corrected chi connectivity index (χ4v) is 6.21. The quantitative estimate of drug-likeness (QED) is 0.739. The molecule has 1 aliphatic carbocycles. The molecule has 23 heavy (non-hydrogen) atoms. The number of rotatable bonds is 5. The summed E-state index contributed by atoms with van der Waals surface area (Å²) in [6.07, 6.45) is 3.82. The molecule has 0 aliphatic heterocycles. The van der Waals surface area contributed by atoms with Crippen molar-refractivity contribution in [3.05, 3.63) is 72.2 Å². The normalized spacial score (nSPS) is 18.0. The van der Waals surface area contributed by atoms with E-state index in [-0.39, 0.29) is 0 Å². The van der Waals surface area contributed by atoms with Crippen LogP contribution in [0.5, 0.6) is 0 Å². The van der Waals surface area contributed by atoms with Crippen molar-refractivity contribution >= 4 is 18.5 Å². The number of hydrogen-bond acceptors (Lipinski definition) is 1. The van der Waals surface area contributed by atoms with Crippen LogP contribution in [-0.4, -0.2) is 25.0 Å². The van der Waals surface area contributed by atoms with Crippen molar-refractivity contribution in [2.75, 3.05) is 14.1 Å². The van der Waals surface area contributed by atoms with Crippen LogP contribution in [0.15, 0.2) is 60.7 Å².